The van der Waals surface area contributed by atoms with Crippen LogP contribution in [0.2, 0.25) is 0 Å². The zero-order valence-electron chi connectivity index (χ0n) is 6.45. The summed E-state index contributed by atoms with van der Waals surface area (Å²) in [5.41, 5.74) is 5.21. The van der Waals surface area contributed by atoms with Crippen LogP contribution in [0.15, 0.2) is 23.6 Å². The quantitative estimate of drug-likeness (QED) is 0.481. The second kappa shape index (κ2) is 2.42. The highest BCUT2D eigenvalue weighted by atomic mass is 16.5. The van der Waals surface area contributed by atoms with Gasteiger partial charge in [-0.1, -0.05) is 6.08 Å². The second-order valence-corrected chi connectivity index (χ2v) is 2.63. The van der Waals surface area contributed by atoms with E-state index < -0.39 is 0 Å². The summed E-state index contributed by atoms with van der Waals surface area (Å²) in [5.74, 6) is 0.898. The summed E-state index contributed by atoms with van der Waals surface area (Å²) in [6.07, 6.45) is 7.90. The normalized spacial score (nSPS) is 21.7. The number of nitrogens with zero attached hydrogens (tertiary/aromatic N) is 2. The van der Waals surface area contributed by atoms with E-state index in [-0.39, 0.29) is 0 Å². The summed E-state index contributed by atoms with van der Waals surface area (Å²) < 4.78 is 6.97. The van der Waals surface area contributed by atoms with Crippen LogP contribution in [-0.4, -0.2) is 18.1 Å². The van der Waals surface area contributed by atoms with Crippen molar-refractivity contribution in [2.45, 2.75) is 12.8 Å². The van der Waals surface area contributed by atoms with Crippen LogP contribution >= 0.6 is 0 Å². The summed E-state index contributed by atoms with van der Waals surface area (Å²) in [6.45, 7) is 0. The molecule has 0 amide bonds. The summed E-state index contributed by atoms with van der Waals surface area (Å²) >= 11 is 0. The number of fused-ring (bicyclic) bond motifs is 1. The fourth-order valence-electron chi connectivity index (χ4n) is 1.16. The molecule has 2 aliphatic rings. The van der Waals surface area contributed by atoms with E-state index in [0.29, 0.717) is 0 Å². The Bertz CT molecular complexity index is 263. The van der Waals surface area contributed by atoms with Gasteiger partial charge in [-0.2, -0.15) is 0 Å². The first kappa shape index (κ1) is 6.46. The summed E-state index contributed by atoms with van der Waals surface area (Å²) in [4.78, 5) is 0. The van der Waals surface area contributed by atoms with Crippen LogP contribution in [0.3, 0.4) is 0 Å². The van der Waals surface area contributed by atoms with E-state index >= 15 is 0 Å². The fraction of sp³-hybridized carbons (Fsp3) is 0.375. The van der Waals surface area contributed by atoms with Gasteiger partial charge in [-0.15, -0.1) is 0 Å². The topological polar surface area (TPSA) is 26.3 Å². The molecule has 3 heteroatoms. The number of hydrogen-bond donors (Lipinski definition) is 0. The minimum absolute atomic E-state index is 0.898. The maximum Gasteiger partial charge on any atom is 0.324 e. The van der Waals surface area contributed by atoms with E-state index in [9.17, 15) is 0 Å². The Morgan fingerprint density at radius 1 is 1.45 bits per heavy atom. The molecule has 0 saturated heterocycles. The van der Waals surface area contributed by atoms with E-state index in [0.717, 1.165) is 24.3 Å². The summed E-state index contributed by atoms with van der Waals surface area (Å²) in [6, 6.07) is 0. The highest BCUT2D eigenvalue weighted by Crippen LogP contribution is 2.25. The average molecular weight is 150 g/mol. The van der Waals surface area contributed by atoms with E-state index in [4.69, 9.17) is 4.74 Å². The predicted molar refractivity (Wildman–Crippen MR) is 42.1 cm³/mol. The monoisotopic (exact) mass is 150 g/mol. The van der Waals surface area contributed by atoms with Crippen LogP contribution in [0.1, 0.15) is 12.8 Å². The molecule has 58 valence electrons. The molecular formula is C8H10N2O. The molecule has 0 aromatic rings. The first-order valence-corrected chi connectivity index (χ1v) is 3.71. The Morgan fingerprint density at radius 3 is 3.18 bits per heavy atom. The molecule has 0 aromatic carbocycles. The van der Waals surface area contributed by atoms with E-state index in [1.54, 1.807) is 11.1 Å². The number of rotatable bonds is 0. The van der Waals surface area contributed by atoms with Gasteiger partial charge in [-0.05, 0) is 24.6 Å². The van der Waals surface area contributed by atoms with Gasteiger partial charge in [0.1, 0.15) is 12.8 Å². The number of ether oxygens (including phenoxy) is 1. The van der Waals surface area contributed by atoms with Gasteiger partial charge in [0.15, 0.2) is 0 Å². The molecule has 0 spiro atoms. The van der Waals surface area contributed by atoms with Crippen molar-refractivity contribution in [3.05, 3.63) is 29.0 Å². The minimum Gasteiger partial charge on any atom is -0.413 e. The third kappa shape index (κ3) is 1.13. The second-order valence-electron chi connectivity index (χ2n) is 2.63. The molecule has 11 heavy (non-hydrogen) atoms. The smallest absolute Gasteiger partial charge is 0.324 e. The molecule has 0 N–H and O–H groups in total. The van der Waals surface area contributed by atoms with Crippen molar-refractivity contribution in [2.75, 3.05) is 7.05 Å². The van der Waals surface area contributed by atoms with Gasteiger partial charge in [0.2, 0.25) is 0 Å². The summed E-state index contributed by atoms with van der Waals surface area (Å²) in [7, 11) is 1.85. The molecule has 1 aliphatic heterocycles. The van der Waals surface area contributed by atoms with Crippen molar-refractivity contribution in [3.63, 3.8) is 0 Å². The molecule has 0 aromatic heterocycles. The van der Waals surface area contributed by atoms with Crippen LogP contribution in [0.4, 0.5) is 0 Å². The van der Waals surface area contributed by atoms with Crippen LogP contribution in [0.5, 0.6) is 0 Å². The standard InChI is InChI=1S/C8H10N2O/c1-10-6-11-8-5-3-2-4-7(8)9-10/h4-6H,2-3H2,1H3. The Kier molecular flexibility index (Phi) is 1.42. The highest BCUT2D eigenvalue weighted by Gasteiger charge is 2.09. The van der Waals surface area contributed by atoms with Crippen LogP contribution in [0, 0.1) is 0 Å². The van der Waals surface area contributed by atoms with Gasteiger partial charge >= 0.3 is 6.40 Å². The summed E-state index contributed by atoms with van der Waals surface area (Å²) in [5, 5.41) is 0. The van der Waals surface area contributed by atoms with Crippen LogP contribution in [0.25, 0.3) is 5.43 Å². The molecule has 1 aliphatic carbocycles. The van der Waals surface area contributed by atoms with Crippen molar-refractivity contribution in [2.24, 2.45) is 0 Å². The van der Waals surface area contributed by atoms with Gasteiger partial charge in [0, 0.05) is 0 Å². The fourth-order valence-corrected chi connectivity index (χ4v) is 1.16. The van der Waals surface area contributed by atoms with Gasteiger partial charge < -0.3 is 10.2 Å². The average Bonchev–Trinajstić information content (AvgIpc) is 2.04. The maximum absolute atomic E-state index is 5.29. The lowest BCUT2D eigenvalue weighted by atomic mass is 10.1. The van der Waals surface area contributed by atoms with Gasteiger partial charge in [0.25, 0.3) is 0 Å². The maximum atomic E-state index is 5.29. The van der Waals surface area contributed by atoms with E-state index in [1.807, 2.05) is 7.05 Å². The molecule has 0 bridgehead atoms. The molecule has 0 unspecified atom stereocenters. The molecule has 1 heterocycles. The van der Waals surface area contributed by atoms with Crippen molar-refractivity contribution in [1.29, 1.82) is 0 Å². The zero-order chi connectivity index (χ0) is 7.68. The Hall–Kier alpha value is -1.25. The number of hydrogen-bond acceptors (Lipinski definition) is 1. The Labute approximate surface area is 65.6 Å². The lowest BCUT2D eigenvalue weighted by Crippen LogP contribution is -2.14. The minimum atomic E-state index is 0.898. The largest absolute Gasteiger partial charge is 0.413 e. The molecule has 0 radical (unpaired) electrons. The number of allylic oxidation sites excluding steroid dienone is 2. The molecular weight excluding hydrogens is 140 g/mol. The first-order chi connectivity index (χ1) is 5.36. The van der Waals surface area contributed by atoms with Crippen LogP contribution < -0.4 is 0 Å². The van der Waals surface area contributed by atoms with Crippen molar-refractivity contribution in [3.8, 4) is 0 Å². The molecule has 0 atom stereocenters. The lowest BCUT2D eigenvalue weighted by molar-refractivity contribution is -0.448. The first-order valence-electron chi connectivity index (χ1n) is 3.71. The molecule has 0 saturated carbocycles. The lowest BCUT2D eigenvalue weighted by Gasteiger charge is -2.26. The van der Waals surface area contributed by atoms with Crippen molar-refractivity contribution < 1.29 is 9.42 Å². The van der Waals surface area contributed by atoms with Gasteiger partial charge in [-0.3, -0.25) is 0 Å². The SMILES string of the molecule is C[N+]1=COC2=CCCC=C2[N-]1. The van der Waals surface area contributed by atoms with Crippen molar-refractivity contribution in [1.82, 2.24) is 0 Å². The predicted octanol–water partition coefficient (Wildman–Crippen LogP) is 1.54. The van der Waals surface area contributed by atoms with Gasteiger partial charge in [-0.25, -0.2) is 4.68 Å². The molecule has 0 fully saturated rings. The molecule has 3 nitrogen and oxygen atoms in total. The Balaban J connectivity index is 2.29. The third-order valence-electron chi connectivity index (χ3n) is 1.68. The van der Waals surface area contributed by atoms with Crippen LogP contribution in [-0.2, 0) is 4.74 Å². The Morgan fingerprint density at radius 2 is 2.27 bits per heavy atom. The zero-order valence-corrected chi connectivity index (χ0v) is 6.45. The van der Waals surface area contributed by atoms with Gasteiger partial charge in [0.05, 0.1) is 0 Å². The van der Waals surface area contributed by atoms with Crippen molar-refractivity contribution >= 4 is 6.40 Å². The van der Waals surface area contributed by atoms with E-state index in [1.165, 1.54) is 0 Å². The highest BCUT2D eigenvalue weighted by molar-refractivity contribution is 5.51. The third-order valence-corrected chi connectivity index (χ3v) is 1.68. The van der Waals surface area contributed by atoms with E-state index in [2.05, 4.69) is 17.6 Å². The molecule has 2 rings (SSSR count).